The van der Waals surface area contributed by atoms with E-state index in [-0.39, 0.29) is 22.3 Å². The lowest BCUT2D eigenvalue weighted by atomic mass is 10.1. The summed E-state index contributed by atoms with van der Waals surface area (Å²) in [5, 5.41) is 2.92. The first-order chi connectivity index (χ1) is 9.81. The van der Waals surface area contributed by atoms with Crippen LogP contribution in [0.3, 0.4) is 0 Å². The maximum atomic E-state index is 13.0. The summed E-state index contributed by atoms with van der Waals surface area (Å²) in [5.41, 5.74) is 5.21. The van der Waals surface area contributed by atoms with Gasteiger partial charge in [0.1, 0.15) is 0 Å². The fraction of sp³-hybridized carbons (Fsp3) is 0.154. The number of nitrogens with zero attached hydrogens (tertiary/aromatic N) is 1. The minimum absolute atomic E-state index is 0.00233. The molecule has 0 saturated carbocycles. The van der Waals surface area contributed by atoms with E-state index in [4.69, 9.17) is 28.9 Å². The summed E-state index contributed by atoms with van der Waals surface area (Å²) in [6.45, 7) is 0.147. The summed E-state index contributed by atoms with van der Waals surface area (Å²) in [5.74, 6) is 0. The fourth-order valence-corrected chi connectivity index (χ4v) is 2.12. The molecular weight excluding hydrogens is 326 g/mol. The molecule has 0 aliphatic rings. The van der Waals surface area contributed by atoms with E-state index in [1.54, 1.807) is 0 Å². The van der Waals surface area contributed by atoms with Gasteiger partial charge in [-0.2, -0.15) is 13.2 Å². The third kappa shape index (κ3) is 3.78. The van der Waals surface area contributed by atoms with Crippen LogP contribution in [-0.2, 0) is 12.7 Å². The SMILES string of the molecule is NCc1ncc(Nc2ccc(Cl)cc2C(F)(F)F)cc1Cl. The van der Waals surface area contributed by atoms with Crippen LogP contribution in [0, 0.1) is 0 Å². The number of hydrogen-bond donors (Lipinski definition) is 2. The number of nitrogens with two attached hydrogens (primary N) is 1. The molecule has 0 saturated heterocycles. The highest BCUT2D eigenvalue weighted by Crippen LogP contribution is 2.37. The second-order valence-corrected chi connectivity index (χ2v) is 5.01. The van der Waals surface area contributed by atoms with Crippen LogP contribution < -0.4 is 11.1 Å². The Labute approximate surface area is 128 Å². The molecule has 0 radical (unpaired) electrons. The number of alkyl halides is 3. The van der Waals surface area contributed by atoms with Crippen molar-refractivity contribution in [1.82, 2.24) is 4.98 Å². The maximum absolute atomic E-state index is 13.0. The van der Waals surface area contributed by atoms with Crippen molar-refractivity contribution in [2.45, 2.75) is 12.7 Å². The van der Waals surface area contributed by atoms with E-state index in [2.05, 4.69) is 10.3 Å². The van der Waals surface area contributed by atoms with Gasteiger partial charge in [-0.25, -0.2) is 0 Å². The van der Waals surface area contributed by atoms with Crippen molar-refractivity contribution < 1.29 is 13.2 Å². The van der Waals surface area contributed by atoms with Crippen molar-refractivity contribution in [3.63, 3.8) is 0 Å². The van der Waals surface area contributed by atoms with Crippen molar-refractivity contribution >= 4 is 34.6 Å². The van der Waals surface area contributed by atoms with Crippen LogP contribution in [0.2, 0.25) is 10.0 Å². The van der Waals surface area contributed by atoms with E-state index in [9.17, 15) is 13.2 Å². The van der Waals surface area contributed by atoms with E-state index in [0.29, 0.717) is 11.4 Å². The zero-order chi connectivity index (χ0) is 15.6. The molecule has 2 rings (SSSR count). The van der Waals surface area contributed by atoms with Crippen LogP contribution in [0.5, 0.6) is 0 Å². The van der Waals surface area contributed by atoms with Gasteiger partial charge in [0.15, 0.2) is 0 Å². The number of nitrogens with one attached hydrogen (secondary N) is 1. The normalized spacial score (nSPS) is 11.5. The summed E-state index contributed by atoms with van der Waals surface area (Å²) < 4.78 is 38.9. The van der Waals surface area contributed by atoms with E-state index < -0.39 is 11.7 Å². The quantitative estimate of drug-likeness (QED) is 0.861. The molecule has 0 aliphatic heterocycles. The van der Waals surface area contributed by atoms with Gasteiger partial charge in [-0.15, -0.1) is 0 Å². The second kappa shape index (κ2) is 6.09. The molecular formula is C13H10Cl2F3N3. The van der Waals surface area contributed by atoms with Gasteiger partial charge in [0, 0.05) is 11.6 Å². The first kappa shape index (κ1) is 15.9. The molecule has 0 unspecified atom stereocenters. The molecule has 0 bridgehead atoms. The predicted molar refractivity (Wildman–Crippen MR) is 76.9 cm³/mol. The lowest BCUT2D eigenvalue weighted by Gasteiger charge is -2.15. The molecule has 112 valence electrons. The molecule has 0 atom stereocenters. The second-order valence-electron chi connectivity index (χ2n) is 4.17. The number of rotatable bonds is 3. The van der Waals surface area contributed by atoms with Gasteiger partial charge in [-0.3, -0.25) is 4.98 Å². The van der Waals surface area contributed by atoms with Crippen LogP contribution >= 0.6 is 23.2 Å². The molecule has 0 spiro atoms. The zero-order valence-corrected chi connectivity index (χ0v) is 12.0. The third-order valence-electron chi connectivity index (χ3n) is 2.68. The van der Waals surface area contributed by atoms with Gasteiger partial charge < -0.3 is 11.1 Å². The molecule has 3 nitrogen and oxygen atoms in total. The lowest BCUT2D eigenvalue weighted by molar-refractivity contribution is -0.136. The van der Waals surface area contributed by atoms with E-state index in [0.717, 1.165) is 6.07 Å². The van der Waals surface area contributed by atoms with E-state index in [1.807, 2.05) is 0 Å². The van der Waals surface area contributed by atoms with Crippen molar-refractivity contribution in [3.8, 4) is 0 Å². The highest BCUT2D eigenvalue weighted by atomic mass is 35.5. The first-order valence-corrected chi connectivity index (χ1v) is 6.55. The van der Waals surface area contributed by atoms with E-state index in [1.165, 1.54) is 24.4 Å². The van der Waals surface area contributed by atoms with Crippen molar-refractivity contribution in [2.24, 2.45) is 5.73 Å². The Bertz CT molecular complexity index is 660. The van der Waals surface area contributed by atoms with Crippen LogP contribution in [0.15, 0.2) is 30.5 Å². The monoisotopic (exact) mass is 335 g/mol. The molecule has 3 N–H and O–H groups in total. The molecule has 0 aliphatic carbocycles. The smallest absolute Gasteiger partial charge is 0.354 e. The highest BCUT2D eigenvalue weighted by Gasteiger charge is 2.33. The van der Waals surface area contributed by atoms with Gasteiger partial charge in [0.25, 0.3) is 0 Å². The maximum Gasteiger partial charge on any atom is 0.418 e. The summed E-state index contributed by atoms with van der Waals surface area (Å²) in [7, 11) is 0. The predicted octanol–water partition coefficient (Wildman–Crippen LogP) is 4.61. The summed E-state index contributed by atoms with van der Waals surface area (Å²) in [4.78, 5) is 3.98. The van der Waals surface area contributed by atoms with E-state index >= 15 is 0 Å². The van der Waals surface area contributed by atoms with Gasteiger partial charge >= 0.3 is 6.18 Å². The van der Waals surface area contributed by atoms with Crippen LogP contribution in [0.4, 0.5) is 24.5 Å². The number of benzene rings is 1. The van der Waals surface area contributed by atoms with Crippen molar-refractivity contribution in [1.29, 1.82) is 0 Å². The number of anilines is 2. The molecule has 8 heteroatoms. The average Bonchev–Trinajstić information content (AvgIpc) is 2.40. The summed E-state index contributed by atoms with van der Waals surface area (Å²) in [6.07, 6.45) is -3.16. The highest BCUT2D eigenvalue weighted by molar-refractivity contribution is 6.31. The van der Waals surface area contributed by atoms with Gasteiger partial charge in [0.2, 0.25) is 0 Å². The Hall–Kier alpha value is -1.50. The number of halogens is 5. The van der Waals surface area contributed by atoms with Gasteiger partial charge in [-0.05, 0) is 24.3 Å². The standard InChI is InChI=1S/C13H10Cl2F3N3/c14-7-1-2-11(9(3-7)13(16,17)18)21-8-4-10(15)12(5-19)20-6-8/h1-4,6,21H,5,19H2. The Morgan fingerprint density at radius 1 is 1.19 bits per heavy atom. The lowest BCUT2D eigenvalue weighted by Crippen LogP contribution is -2.09. The number of pyridine rings is 1. The Kier molecular flexibility index (Phi) is 4.61. The topological polar surface area (TPSA) is 50.9 Å². The minimum Gasteiger partial charge on any atom is -0.354 e. The summed E-state index contributed by atoms with van der Waals surface area (Å²) >= 11 is 11.5. The molecule has 1 aromatic heterocycles. The molecule has 21 heavy (non-hydrogen) atoms. The van der Waals surface area contributed by atoms with Crippen molar-refractivity contribution in [3.05, 3.63) is 51.8 Å². The van der Waals surface area contributed by atoms with Crippen molar-refractivity contribution in [2.75, 3.05) is 5.32 Å². The minimum atomic E-state index is -4.53. The Balaban J connectivity index is 2.38. The first-order valence-electron chi connectivity index (χ1n) is 5.79. The van der Waals surface area contributed by atoms with Crippen LogP contribution in [-0.4, -0.2) is 4.98 Å². The molecule has 0 amide bonds. The molecule has 2 aromatic rings. The van der Waals surface area contributed by atoms with Crippen LogP contribution in [0.1, 0.15) is 11.3 Å². The van der Waals surface area contributed by atoms with Gasteiger partial charge in [-0.1, -0.05) is 23.2 Å². The zero-order valence-electron chi connectivity index (χ0n) is 10.5. The number of hydrogen-bond acceptors (Lipinski definition) is 3. The summed E-state index contributed by atoms with van der Waals surface area (Å²) in [6, 6.07) is 4.93. The van der Waals surface area contributed by atoms with Crippen LogP contribution in [0.25, 0.3) is 0 Å². The van der Waals surface area contributed by atoms with Gasteiger partial charge in [0.05, 0.1) is 33.9 Å². The Morgan fingerprint density at radius 2 is 1.90 bits per heavy atom. The Morgan fingerprint density at radius 3 is 2.48 bits per heavy atom. The number of aromatic nitrogens is 1. The fourth-order valence-electron chi connectivity index (χ4n) is 1.70. The average molecular weight is 336 g/mol. The largest absolute Gasteiger partial charge is 0.418 e. The third-order valence-corrected chi connectivity index (χ3v) is 3.24. The molecule has 1 aromatic carbocycles. The molecule has 1 heterocycles. The molecule has 0 fully saturated rings.